The van der Waals surface area contributed by atoms with Crippen LogP contribution in [0.5, 0.6) is 17.2 Å². The molecule has 0 fully saturated rings. The summed E-state index contributed by atoms with van der Waals surface area (Å²) in [7, 11) is 4.85. The second kappa shape index (κ2) is 6.54. The molecule has 0 radical (unpaired) electrons. The van der Waals surface area contributed by atoms with Crippen LogP contribution in [0.1, 0.15) is 23.0 Å². The molecule has 0 aliphatic carbocycles. The van der Waals surface area contributed by atoms with E-state index in [1.54, 1.807) is 21.3 Å². The van der Waals surface area contributed by atoms with Gasteiger partial charge in [-0.25, -0.2) is 4.68 Å². The number of methoxy groups -OCH3 is 3. The molecule has 1 aliphatic heterocycles. The molecule has 1 N–H and O–H groups in total. The normalized spacial score (nSPS) is 14.8. The molecule has 1 atom stereocenters. The van der Waals surface area contributed by atoms with Crippen LogP contribution in [0.25, 0.3) is 11.3 Å². The van der Waals surface area contributed by atoms with Gasteiger partial charge in [0.05, 0.1) is 32.7 Å². The van der Waals surface area contributed by atoms with Crippen LogP contribution in [0.2, 0.25) is 0 Å². The number of fused-ring (bicyclic) bond motifs is 3. The van der Waals surface area contributed by atoms with Gasteiger partial charge in [0.1, 0.15) is 6.17 Å². The predicted molar refractivity (Wildman–Crippen MR) is 105 cm³/mol. The molecule has 0 saturated carbocycles. The van der Waals surface area contributed by atoms with E-state index < -0.39 is 0 Å². The Bertz CT molecular complexity index is 985. The number of aromatic nitrogens is 2. The maximum atomic E-state index is 5.53. The largest absolute Gasteiger partial charge is 0.493 e. The fourth-order valence-corrected chi connectivity index (χ4v) is 3.67. The minimum atomic E-state index is -0.184. The summed E-state index contributed by atoms with van der Waals surface area (Å²) in [6.45, 7) is 4.12. The molecule has 6 nitrogen and oxygen atoms in total. The minimum Gasteiger partial charge on any atom is -0.493 e. The first-order valence-electron chi connectivity index (χ1n) is 8.80. The van der Waals surface area contributed by atoms with Gasteiger partial charge in [-0.05, 0) is 37.6 Å². The molecule has 4 rings (SSSR count). The lowest BCUT2D eigenvalue weighted by molar-refractivity contribution is 0.323. The van der Waals surface area contributed by atoms with Crippen LogP contribution in [-0.4, -0.2) is 31.1 Å². The van der Waals surface area contributed by atoms with Crippen LogP contribution in [0.4, 0.5) is 5.69 Å². The van der Waals surface area contributed by atoms with Crippen molar-refractivity contribution in [3.05, 3.63) is 53.2 Å². The molecule has 27 heavy (non-hydrogen) atoms. The molecule has 6 heteroatoms. The Hall–Kier alpha value is -3.15. The number of benzene rings is 2. The average molecular weight is 365 g/mol. The van der Waals surface area contributed by atoms with E-state index in [1.165, 1.54) is 5.56 Å². The van der Waals surface area contributed by atoms with Crippen molar-refractivity contribution in [2.24, 2.45) is 0 Å². The molecule has 2 heterocycles. The SMILES string of the molecule is COc1cc(C2Nc3c(C)cccc3-c3cc(C)nn32)cc(OC)c1OC. The Balaban J connectivity index is 1.92. The third kappa shape index (κ3) is 2.68. The van der Waals surface area contributed by atoms with Crippen molar-refractivity contribution < 1.29 is 14.2 Å². The Kier molecular flexibility index (Phi) is 4.18. The van der Waals surface area contributed by atoms with Crippen molar-refractivity contribution in [1.29, 1.82) is 0 Å². The zero-order valence-corrected chi connectivity index (χ0v) is 16.2. The molecule has 1 aromatic heterocycles. The zero-order chi connectivity index (χ0) is 19.1. The Labute approximate surface area is 158 Å². The number of ether oxygens (including phenoxy) is 3. The molecule has 3 aromatic rings. The molecular weight excluding hydrogens is 342 g/mol. The quantitative estimate of drug-likeness (QED) is 0.752. The van der Waals surface area contributed by atoms with Crippen molar-refractivity contribution in [1.82, 2.24) is 9.78 Å². The molecule has 140 valence electrons. The lowest BCUT2D eigenvalue weighted by Crippen LogP contribution is -2.26. The minimum absolute atomic E-state index is 0.184. The number of rotatable bonds is 4. The van der Waals surface area contributed by atoms with Crippen LogP contribution in [0.15, 0.2) is 36.4 Å². The van der Waals surface area contributed by atoms with Gasteiger partial charge in [0, 0.05) is 16.8 Å². The third-order valence-electron chi connectivity index (χ3n) is 4.94. The van der Waals surface area contributed by atoms with Gasteiger partial charge in [0.25, 0.3) is 0 Å². The predicted octanol–water partition coefficient (Wildman–Crippen LogP) is 4.17. The van der Waals surface area contributed by atoms with E-state index >= 15 is 0 Å². The average Bonchev–Trinajstić information content (AvgIpc) is 3.08. The molecule has 0 spiro atoms. The van der Waals surface area contributed by atoms with Crippen LogP contribution in [0.3, 0.4) is 0 Å². The number of hydrogen-bond acceptors (Lipinski definition) is 5. The number of nitrogens with zero attached hydrogens (tertiary/aromatic N) is 2. The Morgan fingerprint density at radius 1 is 0.963 bits per heavy atom. The fraction of sp³-hybridized carbons (Fsp3) is 0.286. The van der Waals surface area contributed by atoms with Gasteiger partial charge in [0.2, 0.25) is 5.75 Å². The van der Waals surface area contributed by atoms with E-state index in [2.05, 4.69) is 36.5 Å². The maximum Gasteiger partial charge on any atom is 0.203 e. The van der Waals surface area contributed by atoms with E-state index in [-0.39, 0.29) is 6.17 Å². The number of anilines is 1. The molecule has 1 unspecified atom stereocenters. The van der Waals surface area contributed by atoms with Gasteiger partial charge < -0.3 is 19.5 Å². The van der Waals surface area contributed by atoms with E-state index in [1.807, 2.05) is 23.7 Å². The van der Waals surface area contributed by atoms with Gasteiger partial charge in [-0.3, -0.25) is 0 Å². The number of nitrogens with one attached hydrogen (secondary N) is 1. The second-order valence-electron chi connectivity index (χ2n) is 6.62. The van der Waals surface area contributed by atoms with Crippen molar-refractivity contribution in [3.63, 3.8) is 0 Å². The standard InChI is InChI=1S/C21H23N3O3/c1-12-7-6-8-15-16-9-13(2)23-24(16)21(22-19(12)15)14-10-17(25-3)20(27-5)18(11-14)26-4/h6-11,21-22H,1-5H3. The second-order valence-corrected chi connectivity index (χ2v) is 6.62. The van der Waals surface area contributed by atoms with Crippen LogP contribution >= 0.6 is 0 Å². The van der Waals surface area contributed by atoms with Crippen molar-refractivity contribution in [2.75, 3.05) is 26.6 Å². The van der Waals surface area contributed by atoms with E-state index in [9.17, 15) is 0 Å². The molecular formula is C21H23N3O3. The lowest BCUT2D eigenvalue weighted by Gasteiger charge is -2.31. The molecule has 0 amide bonds. The summed E-state index contributed by atoms with van der Waals surface area (Å²) >= 11 is 0. The van der Waals surface area contributed by atoms with Gasteiger partial charge >= 0.3 is 0 Å². The highest BCUT2D eigenvalue weighted by atomic mass is 16.5. The first kappa shape index (κ1) is 17.3. The highest BCUT2D eigenvalue weighted by Gasteiger charge is 2.29. The van der Waals surface area contributed by atoms with Gasteiger partial charge in [0.15, 0.2) is 11.5 Å². The van der Waals surface area contributed by atoms with Crippen molar-refractivity contribution in [2.45, 2.75) is 20.0 Å². The summed E-state index contributed by atoms with van der Waals surface area (Å²) in [6.07, 6.45) is -0.184. The third-order valence-corrected chi connectivity index (χ3v) is 4.94. The van der Waals surface area contributed by atoms with Crippen LogP contribution in [-0.2, 0) is 0 Å². The molecule has 2 aromatic carbocycles. The van der Waals surface area contributed by atoms with Gasteiger partial charge in [-0.15, -0.1) is 0 Å². The van der Waals surface area contributed by atoms with E-state index in [0.29, 0.717) is 17.2 Å². The summed E-state index contributed by atoms with van der Waals surface area (Å²) in [5.74, 6) is 1.82. The maximum absolute atomic E-state index is 5.53. The summed E-state index contributed by atoms with van der Waals surface area (Å²) < 4.78 is 18.5. The van der Waals surface area contributed by atoms with Crippen molar-refractivity contribution in [3.8, 4) is 28.5 Å². The topological polar surface area (TPSA) is 57.5 Å². The summed E-state index contributed by atoms with van der Waals surface area (Å²) in [4.78, 5) is 0. The Morgan fingerprint density at radius 3 is 2.30 bits per heavy atom. The molecule has 0 bridgehead atoms. The van der Waals surface area contributed by atoms with Crippen LogP contribution < -0.4 is 19.5 Å². The zero-order valence-electron chi connectivity index (χ0n) is 16.2. The van der Waals surface area contributed by atoms with Crippen molar-refractivity contribution >= 4 is 5.69 Å². The number of aryl methyl sites for hydroxylation is 2. The first-order valence-corrected chi connectivity index (χ1v) is 8.80. The first-order chi connectivity index (χ1) is 13.1. The summed E-state index contributed by atoms with van der Waals surface area (Å²) in [5.41, 5.74) is 6.49. The smallest absolute Gasteiger partial charge is 0.203 e. The van der Waals surface area contributed by atoms with E-state index in [4.69, 9.17) is 19.3 Å². The molecule has 0 saturated heterocycles. The fourth-order valence-electron chi connectivity index (χ4n) is 3.67. The van der Waals surface area contributed by atoms with Gasteiger partial charge in [-0.1, -0.05) is 18.2 Å². The number of hydrogen-bond donors (Lipinski definition) is 1. The number of para-hydroxylation sites is 1. The summed E-state index contributed by atoms with van der Waals surface area (Å²) in [6, 6.07) is 12.3. The monoisotopic (exact) mass is 365 g/mol. The molecule has 1 aliphatic rings. The van der Waals surface area contributed by atoms with E-state index in [0.717, 1.165) is 28.2 Å². The summed E-state index contributed by atoms with van der Waals surface area (Å²) in [5, 5.41) is 8.37. The Morgan fingerprint density at radius 2 is 1.67 bits per heavy atom. The van der Waals surface area contributed by atoms with Gasteiger partial charge in [-0.2, -0.15) is 5.10 Å². The highest BCUT2D eigenvalue weighted by Crippen LogP contribution is 2.44. The lowest BCUT2D eigenvalue weighted by atomic mass is 10.0. The highest BCUT2D eigenvalue weighted by molar-refractivity contribution is 5.81. The van der Waals surface area contributed by atoms with Crippen LogP contribution in [0, 0.1) is 13.8 Å².